The Labute approximate surface area is 99.5 Å². The Morgan fingerprint density at radius 3 is 2.71 bits per heavy atom. The molecule has 1 amide bonds. The molecule has 2 atom stereocenters. The number of hydrogen-bond donors (Lipinski definition) is 3. The minimum absolute atomic E-state index is 0.161. The molecular weight excluding hydrogens is 224 g/mol. The summed E-state index contributed by atoms with van der Waals surface area (Å²) >= 11 is 0. The third-order valence-corrected chi connectivity index (χ3v) is 3.37. The summed E-state index contributed by atoms with van der Waals surface area (Å²) in [5.74, 6) is -0.972. The Morgan fingerprint density at radius 2 is 2.24 bits per heavy atom. The van der Waals surface area contributed by atoms with Crippen molar-refractivity contribution in [3.8, 4) is 0 Å². The number of carboxylic acid groups (broad SMARTS) is 1. The second kappa shape index (κ2) is 4.62. The first-order valence-corrected chi connectivity index (χ1v) is 5.92. The lowest BCUT2D eigenvalue weighted by Crippen LogP contribution is -2.58. The molecule has 4 N–H and O–H groups in total. The number of rotatable bonds is 5. The molecule has 0 bridgehead atoms. The molecular formula is C11H18N2O4. The molecule has 2 unspecified atom stereocenters. The maximum Gasteiger partial charge on any atom is 0.326 e. The Morgan fingerprint density at radius 1 is 1.53 bits per heavy atom. The van der Waals surface area contributed by atoms with Crippen LogP contribution >= 0.6 is 0 Å². The summed E-state index contributed by atoms with van der Waals surface area (Å²) in [6.45, 7) is 0.610. The number of carbonyl (C=O) groups is 2. The Kier molecular flexibility index (Phi) is 3.35. The van der Waals surface area contributed by atoms with Crippen LogP contribution in [0.5, 0.6) is 0 Å². The van der Waals surface area contributed by atoms with Gasteiger partial charge in [-0.15, -0.1) is 0 Å². The fraction of sp³-hybridized carbons (Fsp3) is 0.818. The van der Waals surface area contributed by atoms with E-state index in [1.807, 2.05) is 0 Å². The van der Waals surface area contributed by atoms with E-state index in [9.17, 15) is 9.59 Å². The standard InChI is InChI=1S/C11H18N2O4/c12-11(3-4-17-6-11)10(16)13-8(9(14)15)5-7-1-2-7/h7-8H,1-6,12H2,(H,13,16)(H,14,15). The number of carboxylic acids is 1. The van der Waals surface area contributed by atoms with E-state index in [4.69, 9.17) is 15.6 Å². The Hall–Kier alpha value is -1.14. The molecule has 1 heterocycles. The van der Waals surface area contributed by atoms with Crippen LogP contribution in [0.15, 0.2) is 0 Å². The van der Waals surface area contributed by atoms with Crippen molar-refractivity contribution in [2.45, 2.75) is 37.3 Å². The van der Waals surface area contributed by atoms with Crippen LogP contribution < -0.4 is 11.1 Å². The number of aliphatic carboxylic acids is 1. The first-order valence-electron chi connectivity index (χ1n) is 5.92. The first-order chi connectivity index (χ1) is 8.01. The normalized spacial score (nSPS) is 29.9. The van der Waals surface area contributed by atoms with Crippen molar-refractivity contribution in [1.29, 1.82) is 0 Å². The number of amides is 1. The fourth-order valence-electron chi connectivity index (χ4n) is 1.97. The van der Waals surface area contributed by atoms with Crippen LogP contribution in [0.3, 0.4) is 0 Å². The van der Waals surface area contributed by atoms with Gasteiger partial charge in [-0.3, -0.25) is 4.79 Å². The van der Waals surface area contributed by atoms with Gasteiger partial charge in [-0.2, -0.15) is 0 Å². The summed E-state index contributed by atoms with van der Waals surface area (Å²) in [6.07, 6.45) is 3.04. The minimum atomic E-state index is -1.06. The van der Waals surface area contributed by atoms with E-state index in [0.717, 1.165) is 12.8 Å². The Balaban J connectivity index is 1.91. The zero-order valence-corrected chi connectivity index (χ0v) is 9.65. The van der Waals surface area contributed by atoms with Gasteiger partial charge in [-0.25, -0.2) is 4.79 Å². The van der Waals surface area contributed by atoms with Crippen LogP contribution in [0, 0.1) is 5.92 Å². The van der Waals surface area contributed by atoms with Crippen molar-refractivity contribution >= 4 is 11.9 Å². The van der Waals surface area contributed by atoms with E-state index in [1.54, 1.807) is 0 Å². The van der Waals surface area contributed by atoms with Crippen LogP contribution in [0.4, 0.5) is 0 Å². The average molecular weight is 242 g/mol. The van der Waals surface area contributed by atoms with Gasteiger partial charge < -0.3 is 20.9 Å². The second-order valence-corrected chi connectivity index (χ2v) is 5.00. The van der Waals surface area contributed by atoms with E-state index < -0.39 is 23.5 Å². The summed E-state index contributed by atoms with van der Waals surface area (Å²) in [7, 11) is 0. The number of hydrogen-bond acceptors (Lipinski definition) is 4. The van der Waals surface area contributed by atoms with Gasteiger partial charge in [0.25, 0.3) is 0 Å². The molecule has 1 aliphatic carbocycles. The number of nitrogens with one attached hydrogen (secondary N) is 1. The van der Waals surface area contributed by atoms with Gasteiger partial charge >= 0.3 is 5.97 Å². The highest BCUT2D eigenvalue weighted by Gasteiger charge is 2.40. The summed E-state index contributed by atoms with van der Waals surface area (Å²) in [6, 6.07) is -0.823. The fourth-order valence-corrected chi connectivity index (χ4v) is 1.97. The average Bonchev–Trinajstić information content (AvgIpc) is 2.97. The molecule has 2 rings (SSSR count). The van der Waals surface area contributed by atoms with Gasteiger partial charge in [0.1, 0.15) is 11.6 Å². The molecule has 1 saturated heterocycles. The monoisotopic (exact) mass is 242 g/mol. The van der Waals surface area contributed by atoms with Crippen LogP contribution in [-0.4, -0.2) is 41.8 Å². The quantitative estimate of drug-likeness (QED) is 0.601. The summed E-state index contributed by atoms with van der Waals surface area (Å²) < 4.78 is 5.08. The number of nitrogens with two attached hydrogens (primary N) is 1. The predicted octanol–water partition coefficient (Wildman–Crippen LogP) is -0.526. The lowest BCUT2D eigenvalue weighted by molar-refractivity contribution is -0.143. The highest BCUT2D eigenvalue weighted by atomic mass is 16.5. The lowest BCUT2D eigenvalue weighted by atomic mass is 9.98. The maximum atomic E-state index is 11.9. The van der Waals surface area contributed by atoms with Gasteiger partial charge in [0.15, 0.2) is 0 Å². The predicted molar refractivity (Wildman–Crippen MR) is 59.3 cm³/mol. The molecule has 2 aliphatic rings. The van der Waals surface area contributed by atoms with Crippen molar-refractivity contribution in [3.05, 3.63) is 0 Å². The summed E-state index contributed by atoms with van der Waals surface area (Å²) in [4.78, 5) is 22.9. The molecule has 1 aliphatic heterocycles. The summed E-state index contributed by atoms with van der Waals surface area (Å²) in [5, 5.41) is 11.6. The molecule has 0 aromatic rings. The topological polar surface area (TPSA) is 102 Å². The molecule has 6 nitrogen and oxygen atoms in total. The van der Waals surface area contributed by atoms with Crippen LogP contribution in [0.25, 0.3) is 0 Å². The zero-order chi connectivity index (χ0) is 12.5. The van der Waals surface area contributed by atoms with Crippen molar-refractivity contribution in [1.82, 2.24) is 5.32 Å². The first kappa shape index (κ1) is 12.3. The summed E-state index contributed by atoms with van der Waals surface area (Å²) in [5.41, 5.74) is 4.81. The van der Waals surface area contributed by atoms with Crippen LogP contribution in [0.1, 0.15) is 25.7 Å². The third-order valence-electron chi connectivity index (χ3n) is 3.37. The molecule has 1 saturated carbocycles. The van der Waals surface area contributed by atoms with Crippen LogP contribution in [-0.2, 0) is 14.3 Å². The zero-order valence-electron chi connectivity index (χ0n) is 9.65. The van der Waals surface area contributed by atoms with Gasteiger partial charge in [-0.1, -0.05) is 12.8 Å². The van der Waals surface area contributed by atoms with E-state index >= 15 is 0 Å². The van der Waals surface area contributed by atoms with E-state index in [2.05, 4.69) is 5.32 Å². The van der Waals surface area contributed by atoms with Gasteiger partial charge in [-0.05, 0) is 18.8 Å². The maximum absolute atomic E-state index is 11.9. The Bertz CT molecular complexity index is 321. The largest absolute Gasteiger partial charge is 0.480 e. The van der Waals surface area contributed by atoms with Crippen molar-refractivity contribution in [2.24, 2.45) is 11.7 Å². The van der Waals surface area contributed by atoms with Crippen molar-refractivity contribution in [2.75, 3.05) is 13.2 Å². The van der Waals surface area contributed by atoms with Crippen LogP contribution in [0.2, 0.25) is 0 Å². The minimum Gasteiger partial charge on any atom is -0.480 e. The van der Waals surface area contributed by atoms with Gasteiger partial charge in [0.05, 0.1) is 6.61 Å². The smallest absolute Gasteiger partial charge is 0.326 e. The van der Waals surface area contributed by atoms with Crippen molar-refractivity contribution in [3.63, 3.8) is 0 Å². The van der Waals surface area contributed by atoms with E-state index in [0.29, 0.717) is 25.4 Å². The number of carbonyl (C=O) groups excluding carboxylic acids is 1. The highest BCUT2D eigenvalue weighted by molar-refractivity contribution is 5.90. The highest BCUT2D eigenvalue weighted by Crippen LogP contribution is 2.33. The number of ether oxygens (including phenoxy) is 1. The van der Waals surface area contributed by atoms with Gasteiger partial charge in [0, 0.05) is 6.61 Å². The molecule has 0 spiro atoms. The van der Waals surface area contributed by atoms with E-state index in [1.165, 1.54) is 0 Å². The van der Waals surface area contributed by atoms with Gasteiger partial charge in [0.2, 0.25) is 5.91 Å². The van der Waals surface area contributed by atoms with Crippen molar-refractivity contribution < 1.29 is 19.4 Å². The second-order valence-electron chi connectivity index (χ2n) is 5.00. The molecule has 96 valence electrons. The molecule has 2 fully saturated rings. The lowest BCUT2D eigenvalue weighted by Gasteiger charge is -2.23. The molecule has 0 radical (unpaired) electrons. The molecule has 6 heteroatoms. The third kappa shape index (κ3) is 2.95. The SMILES string of the molecule is NC1(C(=O)NC(CC2CC2)C(=O)O)CCOC1. The molecule has 0 aromatic carbocycles. The molecule has 17 heavy (non-hydrogen) atoms. The van der Waals surface area contributed by atoms with E-state index in [-0.39, 0.29) is 6.61 Å². The molecule has 0 aromatic heterocycles.